The Balaban J connectivity index is 2.22. The van der Waals surface area contributed by atoms with Crippen molar-refractivity contribution in [3.8, 4) is 5.75 Å². The summed E-state index contributed by atoms with van der Waals surface area (Å²) in [6.07, 6.45) is 0.868. The molecule has 0 radical (unpaired) electrons. The molecular weight excluding hydrogens is 178 g/mol. The van der Waals surface area contributed by atoms with E-state index in [9.17, 15) is 9.90 Å². The minimum Gasteiger partial charge on any atom is -0.507 e. The van der Waals surface area contributed by atoms with Gasteiger partial charge in [0.2, 0.25) is 0 Å². The number of phenolic OH excluding ortho intramolecular Hbond substituents is 1. The number of carbonyl (C=O) groups excluding carboxylic acids is 1. The first-order valence-electron chi connectivity index (χ1n) is 4.82. The maximum Gasteiger partial charge on any atom is 0.170 e. The average molecular weight is 191 g/mol. The summed E-state index contributed by atoms with van der Waals surface area (Å²) in [4.78, 5) is 11.9. The molecule has 1 saturated heterocycles. The van der Waals surface area contributed by atoms with Crippen LogP contribution in [0.3, 0.4) is 0 Å². The highest BCUT2D eigenvalue weighted by Crippen LogP contribution is 2.22. The van der Waals surface area contributed by atoms with E-state index in [0.29, 0.717) is 5.56 Å². The Morgan fingerprint density at radius 2 is 2.21 bits per heavy atom. The lowest BCUT2D eigenvalue weighted by Crippen LogP contribution is -2.17. The van der Waals surface area contributed by atoms with Gasteiger partial charge in [0.25, 0.3) is 0 Å². The minimum atomic E-state index is 0.0308. The summed E-state index contributed by atoms with van der Waals surface area (Å²) in [5.74, 6) is 0.167. The highest BCUT2D eigenvalue weighted by molar-refractivity contribution is 6.00. The van der Waals surface area contributed by atoms with Crippen LogP contribution in [0.15, 0.2) is 24.3 Å². The summed E-state index contributed by atoms with van der Waals surface area (Å²) in [7, 11) is 0. The molecule has 1 fully saturated rings. The molecule has 1 aromatic rings. The molecule has 74 valence electrons. The number of para-hydroxylation sites is 1. The van der Waals surface area contributed by atoms with Crippen molar-refractivity contribution in [2.24, 2.45) is 5.92 Å². The zero-order valence-electron chi connectivity index (χ0n) is 7.86. The molecule has 1 heterocycles. The fourth-order valence-electron chi connectivity index (χ4n) is 1.78. The smallest absolute Gasteiger partial charge is 0.170 e. The molecule has 1 aromatic carbocycles. The molecule has 1 aliphatic rings. The van der Waals surface area contributed by atoms with Gasteiger partial charge in [-0.05, 0) is 25.1 Å². The number of phenols is 1. The third-order valence-corrected chi connectivity index (χ3v) is 2.60. The highest BCUT2D eigenvalue weighted by Gasteiger charge is 2.24. The molecule has 0 spiro atoms. The lowest BCUT2D eigenvalue weighted by Gasteiger charge is -2.08. The van der Waals surface area contributed by atoms with Gasteiger partial charge in [-0.2, -0.15) is 0 Å². The molecule has 0 aromatic heterocycles. The van der Waals surface area contributed by atoms with E-state index >= 15 is 0 Å². The molecular formula is C11H13NO2. The summed E-state index contributed by atoms with van der Waals surface area (Å²) in [5.41, 5.74) is 0.446. The van der Waals surface area contributed by atoms with Gasteiger partial charge in [0.1, 0.15) is 5.75 Å². The molecule has 2 N–H and O–H groups in total. The number of hydrogen-bond donors (Lipinski definition) is 2. The molecule has 0 bridgehead atoms. The Labute approximate surface area is 82.8 Å². The Bertz CT molecular complexity index is 343. The number of Topliss-reactive ketones (excluding diaryl/α,β-unsaturated/α-hetero) is 1. The van der Waals surface area contributed by atoms with Crippen LogP contribution in [0.4, 0.5) is 0 Å². The Morgan fingerprint density at radius 3 is 2.86 bits per heavy atom. The largest absolute Gasteiger partial charge is 0.507 e. The molecule has 1 aliphatic heterocycles. The van der Waals surface area contributed by atoms with Gasteiger partial charge in [-0.3, -0.25) is 4.79 Å². The molecule has 14 heavy (non-hydrogen) atoms. The third-order valence-electron chi connectivity index (χ3n) is 2.60. The van der Waals surface area contributed by atoms with Crippen molar-refractivity contribution in [3.05, 3.63) is 29.8 Å². The first kappa shape index (κ1) is 9.21. The second-order valence-corrected chi connectivity index (χ2v) is 3.57. The van der Waals surface area contributed by atoms with Crippen LogP contribution in [0.25, 0.3) is 0 Å². The standard InChI is InChI=1S/C11H13NO2/c13-10-4-2-1-3-9(10)11(14)8-5-6-12-7-8/h1-4,8,12-13H,5-7H2. The Kier molecular flexibility index (Phi) is 2.50. The molecule has 0 saturated carbocycles. The van der Waals surface area contributed by atoms with Crippen molar-refractivity contribution in [2.75, 3.05) is 13.1 Å². The van der Waals surface area contributed by atoms with Gasteiger partial charge in [0.15, 0.2) is 5.78 Å². The van der Waals surface area contributed by atoms with E-state index < -0.39 is 0 Å². The molecule has 0 aliphatic carbocycles. The van der Waals surface area contributed by atoms with E-state index in [1.807, 2.05) is 0 Å². The van der Waals surface area contributed by atoms with Gasteiger partial charge >= 0.3 is 0 Å². The summed E-state index contributed by atoms with van der Waals surface area (Å²) in [6, 6.07) is 6.72. The first-order valence-corrected chi connectivity index (χ1v) is 4.82. The van der Waals surface area contributed by atoms with Crippen molar-refractivity contribution < 1.29 is 9.90 Å². The number of aromatic hydroxyl groups is 1. The summed E-state index contributed by atoms with van der Waals surface area (Å²) >= 11 is 0. The second-order valence-electron chi connectivity index (χ2n) is 3.57. The number of rotatable bonds is 2. The van der Waals surface area contributed by atoms with Gasteiger partial charge in [0.05, 0.1) is 5.56 Å². The van der Waals surface area contributed by atoms with Gasteiger partial charge in [0, 0.05) is 12.5 Å². The van der Waals surface area contributed by atoms with Crippen LogP contribution >= 0.6 is 0 Å². The van der Waals surface area contributed by atoms with E-state index in [0.717, 1.165) is 19.5 Å². The van der Waals surface area contributed by atoms with Crippen molar-refractivity contribution in [1.82, 2.24) is 5.32 Å². The van der Waals surface area contributed by atoms with E-state index in [-0.39, 0.29) is 17.5 Å². The maximum atomic E-state index is 11.9. The zero-order chi connectivity index (χ0) is 9.97. The van der Waals surface area contributed by atoms with Crippen LogP contribution in [-0.2, 0) is 0 Å². The van der Waals surface area contributed by atoms with Crippen molar-refractivity contribution in [3.63, 3.8) is 0 Å². The number of benzene rings is 1. The quantitative estimate of drug-likeness (QED) is 0.690. The van der Waals surface area contributed by atoms with Gasteiger partial charge in [-0.15, -0.1) is 0 Å². The lowest BCUT2D eigenvalue weighted by molar-refractivity contribution is 0.0927. The molecule has 0 amide bonds. The Hall–Kier alpha value is -1.35. The van der Waals surface area contributed by atoms with E-state index in [2.05, 4.69) is 5.32 Å². The van der Waals surface area contributed by atoms with Gasteiger partial charge in [-0.1, -0.05) is 12.1 Å². The topological polar surface area (TPSA) is 49.3 Å². The van der Waals surface area contributed by atoms with Crippen molar-refractivity contribution in [2.45, 2.75) is 6.42 Å². The second kappa shape index (κ2) is 3.80. The normalized spacial score (nSPS) is 21.0. The van der Waals surface area contributed by atoms with Crippen molar-refractivity contribution >= 4 is 5.78 Å². The molecule has 1 unspecified atom stereocenters. The number of carbonyl (C=O) groups is 1. The van der Waals surface area contributed by atoms with Crippen LogP contribution in [0.1, 0.15) is 16.8 Å². The maximum absolute atomic E-state index is 11.9. The lowest BCUT2D eigenvalue weighted by atomic mass is 9.96. The highest BCUT2D eigenvalue weighted by atomic mass is 16.3. The fourth-order valence-corrected chi connectivity index (χ4v) is 1.78. The van der Waals surface area contributed by atoms with Crippen LogP contribution in [0.2, 0.25) is 0 Å². The molecule has 2 rings (SSSR count). The van der Waals surface area contributed by atoms with Crippen LogP contribution in [0, 0.1) is 5.92 Å². The van der Waals surface area contributed by atoms with Crippen LogP contribution < -0.4 is 5.32 Å². The van der Waals surface area contributed by atoms with Crippen LogP contribution in [-0.4, -0.2) is 24.0 Å². The predicted octanol–water partition coefficient (Wildman–Crippen LogP) is 1.18. The predicted molar refractivity (Wildman–Crippen MR) is 53.4 cm³/mol. The van der Waals surface area contributed by atoms with Gasteiger partial charge in [-0.25, -0.2) is 0 Å². The molecule has 1 atom stereocenters. The molecule has 3 nitrogen and oxygen atoms in total. The van der Waals surface area contributed by atoms with E-state index in [1.54, 1.807) is 24.3 Å². The number of ketones is 1. The molecule has 3 heteroatoms. The van der Waals surface area contributed by atoms with E-state index in [4.69, 9.17) is 0 Å². The zero-order valence-corrected chi connectivity index (χ0v) is 7.86. The fraction of sp³-hybridized carbons (Fsp3) is 0.364. The summed E-state index contributed by atoms with van der Waals surface area (Å²) < 4.78 is 0. The SMILES string of the molecule is O=C(c1ccccc1O)C1CCNC1. The first-order chi connectivity index (χ1) is 6.79. The van der Waals surface area contributed by atoms with Crippen molar-refractivity contribution in [1.29, 1.82) is 0 Å². The minimum absolute atomic E-state index is 0.0308. The van der Waals surface area contributed by atoms with E-state index in [1.165, 1.54) is 0 Å². The average Bonchev–Trinajstić information content (AvgIpc) is 2.70. The summed E-state index contributed by atoms with van der Waals surface area (Å²) in [5, 5.41) is 12.6. The van der Waals surface area contributed by atoms with Crippen LogP contribution in [0.5, 0.6) is 5.75 Å². The monoisotopic (exact) mass is 191 g/mol. The van der Waals surface area contributed by atoms with Gasteiger partial charge < -0.3 is 10.4 Å². The number of nitrogens with one attached hydrogen (secondary N) is 1. The third kappa shape index (κ3) is 1.63. The summed E-state index contributed by atoms with van der Waals surface area (Å²) in [6.45, 7) is 1.62. The number of hydrogen-bond acceptors (Lipinski definition) is 3. The Morgan fingerprint density at radius 1 is 1.43 bits per heavy atom.